The van der Waals surface area contributed by atoms with Crippen LogP contribution in [0.15, 0.2) is 48.3 Å². The highest BCUT2D eigenvalue weighted by atomic mass is 35.5. The van der Waals surface area contributed by atoms with Crippen molar-refractivity contribution >= 4 is 35.2 Å². The van der Waals surface area contributed by atoms with Crippen molar-refractivity contribution in [3.63, 3.8) is 0 Å². The largest absolute Gasteiger partial charge is 0.345 e. The van der Waals surface area contributed by atoms with Gasteiger partial charge < -0.3 is 5.32 Å². The van der Waals surface area contributed by atoms with Gasteiger partial charge in [-0.2, -0.15) is 5.26 Å². The smallest absolute Gasteiger partial charge is 0.262 e. The molecule has 0 spiro atoms. The van der Waals surface area contributed by atoms with Gasteiger partial charge in [-0.25, -0.2) is 0 Å². The molecule has 23 heavy (non-hydrogen) atoms. The lowest BCUT2D eigenvalue weighted by atomic mass is 10.1. The third-order valence-corrected chi connectivity index (χ3v) is 3.70. The number of aromatic nitrogens is 1. The number of nitriles is 1. The van der Waals surface area contributed by atoms with E-state index >= 15 is 0 Å². The van der Waals surface area contributed by atoms with E-state index in [9.17, 15) is 10.1 Å². The zero-order chi connectivity index (χ0) is 16.8. The standard InChI is InChI=1S/C17H13Cl2N3O/c1-11(15-5-4-14(18)8-16(15)19)22-17(23)13(9-20)7-12-3-2-6-21-10-12/h2-8,10-11H,1H3,(H,22,23)/b13-7-. The summed E-state index contributed by atoms with van der Waals surface area (Å²) in [5, 5.41) is 12.9. The SMILES string of the molecule is CC(NC(=O)/C(C#N)=C\c1cccnc1)c1ccc(Cl)cc1Cl. The lowest BCUT2D eigenvalue weighted by Crippen LogP contribution is -2.27. The lowest BCUT2D eigenvalue weighted by Gasteiger charge is -2.15. The van der Waals surface area contributed by atoms with E-state index in [4.69, 9.17) is 23.2 Å². The summed E-state index contributed by atoms with van der Waals surface area (Å²) in [4.78, 5) is 16.2. The number of nitrogens with one attached hydrogen (secondary N) is 1. The van der Waals surface area contributed by atoms with E-state index in [2.05, 4.69) is 10.3 Å². The molecule has 0 saturated carbocycles. The third kappa shape index (κ3) is 4.56. The summed E-state index contributed by atoms with van der Waals surface area (Å²) in [5.41, 5.74) is 1.40. The molecule has 0 fully saturated rings. The quantitative estimate of drug-likeness (QED) is 0.667. The summed E-state index contributed by atoms with van der Waals surface area (Å²) < 4.78 is 0. The number of carbonyl (C=O) groups is 1. The van der Waals surface area contributed by atoms with Gasteiger partial charge in [0.05, 0.1) is 6.04 Å². The first-order valence-corrected chi connectivity index (χ1v) is 7.54. The Kier molecular flexibility index (Phi) is 5.75. The maximum absolute atomic E-state index is 12.2. The zero-order valence-electron chi connectivity index (χ0n) is 12.3. The molecule has 1 amide bonds. The molecule has 0 saturated heterocycles. The summed E-state index contributed by atoms with van der Waals surface area (Å²) >= 11 is 12.0. The first-order valence-electron chi connectivity index (χ1n) is 6.79. The van der Waals surface area contributed by atoms with Gasteiger partial charge in [0.2, 0.25) is 0 Å². The Bertz CT molecular complexity index is 782. The van der Waals surface area contributed by atoms with Gasteiger partial charge in [-0.05, 0) is 42.3 Å². The predicted molar refractivity (Wildman–Crippen MR) is 90.8 cm³/mol. The van der Waals surface area contributed by atoms with E-state index in [0.717, 1.165) is 5.56 Å². The van der Waals surface area contributed by atoms with Gasteiger partial charge >= 0.3 is 0 Å². The lowest BCUT2D eigenvalue weighted by molar-refractivity contribution is -0.117. The molecule has 6 heteroatoms. The maximum atomic E-state index is 12.2. The molecule has 0 aliphatic heterocycles. The molecular weight excluding hydrogens is 333 g/mol. The van der Waals surface area contributed by atoms with Gasteiger partial charge in [-0.1, -0.05) is 35.3 Å². The fraction of sp³-hybridized carbons (Fsp3) is 0.118. The average Bonchev–Trinajstić information content (AvgIpc) is 2.53. The molecule has 1 aromatic heterocycles. The summed E-state index contributed by atoms with van der Waals surface area (Å²) in [6.07, 6.45) is 4.68. The molecule has 1 atom stereocenters. The molecule has 1 heterocycles. The minimum atomic E-state index is -0.477. The minimum absolute atomic E-state index is 0.00469. The number of amides is 1. The Balaban J connectivity index is 2.16. The Morgan fingerprint density at radius 3 is 2.78 bits per heavy atom. The van der Waals surface area contributed by atoms with E-state index in [1.807, 2.05) is 6.07 Å². The second-order valence-electron chi connectivity index (χ2n) is 4.82. The Labute approximate surface area is 144 Å². The van der Waals surface area contributed by atoms with E-state index in [-0.39, 0.29) is 11.6 Å². The van der Waals surface area contributed by atoms with E-state index < -0.39 is 5.91 Å². The van der Waals surface area contributed by atoms with Gasteiger partial charge in [-0.15, -0.1) is 0 Å². The topological polar surface area (TPSA) is 65.8 Å². The van der Waals surface area contributed by atoms with Gasteiger partial charge in [0.25, 0.3) is 5.91 Å². The molecule has 2 rings (SSSR count). The fourth-order valence-corrected chi connectivity index (χ4v) is 2.55. The van der Waals surface area contributed by atoms with Crippen LogP contribution in [0.4, 0.5) is 0 Å². The van der Waals surface area contributed by atoms with Crippen molar-refractivity contribution in [2.75, 3.05) is 0 Å². The molecular formula is C17H13Cl2N3O. The molecule has 0 radical (unpaired) electrons. The second-order valence-corrected chi connectivity index (χ2v) is 5.66. The highest BCUT2D eigenvalue weighted by molar-refractivity contribution is 6.35. The van der Waals surface area contributed by atoms with Crippen LogP contribution >= 0.6 is 23.2 Å². The molecule has 0 aliphatic carbocycles. The van der Waals surface area contributed by atoms with Gasteiger partial charge in [0, 0.05) is 22.4 Å². The van der Waals surface area contributed by atoms with Crippen LogP contribution in [0.2, 0.25) is 10.0 Å². The predicted octanol–water partition coefficient (Wildman–Crippen LogP) is 4.17. The second kappa shape index (κ2) is 7.77. The maximum Gasteiger partial charge on any atom is 0.262 e. The van der Waals surface area contributed by atoms with E-state index in [1.54, 1.807) is 49.6 Å². The molecule has 4 nitrogen and oxygen atoms in total. The number of carbonyl (C=O) groups excluding carboxylic acids is 1. The van der Waals surface area contributed by atoms with Crippen LogP contribution in [0.1, 0.15) is 24.1 Å². The number of hydrogen-bond donors (Lipinski definition) is 1. The molecule has 2 aromatic rings. The van der Waals surface area contributed by atoms with Crippen LogP contribution in [0.25, 0.3) is 6.08 Å². The minimum Gasteiger partial charge on any atom is -0.345 e. The van der Waals surface area contributed by atoms with E-state index in [0.29, 0.717) is 15.6 Å². The number of pyridine rings is 1. The summed E-state index contributed by atoms with van der Waals surface area (Å²) in [7, 11) is 0. The number of benzene rings is 1. The summed E-state index contributed by atoms with van der Waals surface area (Å²) in [6, 6.07) is 10.1. The number of rotatable bonds is 4. The molecule has 1 unspecified atom stereocenters. The van der Waals surface area contributed by atoms with Crippen molar-refractivity contribution in [1.82, 2.24) is 10.3 Å². The van der Waals surface area contributed by atoms with Crippen LogP contribution in [0.3, 0.4) is 0 Å². The Hall–Kier alpha value is -2.35. The first-order chi connectivity index (χ1) is 11.0. The molecule has 0 aliphatic rings. The van der Waals surface area contributed by atoms with Gasteiger partial charge in [0.1, 0.15) is 11.6 Å². The van der Waals surface area contributed by atoms with Crippen molar-refractivity contribution < 1.29 is 4.79 Å². The number of hydrogen-bond acceptors (Lipinski definition) is 3. The van der Waals surface area contributed by atoms with Crippen molar-refractivity contribution in [3.05, 3.63) is 69.5 Å². The Morgan fingerprint density at radius 1 is 1.39 bits per heavy atom. The van der Waals surface area contributed by atoms with Crippen LogP contribution in [-0.4, -0.2) is 10.9 Å². The van der Waals surface area contributed by atoms with Crippen molar-refractivity contribution in [1.29, 1.82) is 5.26 Å². The first kappa shape index (κ1) is 17.0. The van der Waals surface area contributed by atoms with E-state index in [1.165, 1.54) is 6.08 Å². The monoisotopic (exact) mass is 345 g/mol. The highest BCUT2D eigenvalue weighted by Gasteiger charge is 2.16. The number of halogens is 2. The average molecular weight is 346 g/mol. The summed E-state index contributed by atoms with van der Waals surface area (Å²) in [6.45, 7) is 1.78. The van der Waals surface area contributed by atoms with Gasteiger partial charge in [-0.3, -0.25) is 9.78 Å². The van der Waals surface area contributed by atoms with Crippen LogP contribution < -0.4 is 5.32 Å². The third-order valence-electron chi connectivity index (χ3n) is 3.14. The molecule has 0 bridgehead atoms. The van der Waals surface area contributed by atoms with Crippen molar-refractivity contribution in [2.45, 2.75) is 13.0 Å². The van der Waals surface area contributed by atoms with Crippen LogP contribution in [-0.2, 0) is 4.79 Å². The fourth-order valence-electron chi connectivity index (χ4n) is 1.98. The highest BCUT2D eigenvalue weighted by Crippen LogP contribution is 2.26. The van der Waals surface area contributed by atoms with Crippen LogP contribution in [0.5, 0.6) is 0 Å². The number of nitrogens with zero attached hydrogens (tertiary/aromatic N) is 2. The summed E-state index contributed by atoms with van der Waals surface area (Å²) in [5.74, 6) is -0.477. The normalized spacial score (nSPS) is 12.3. The van der Waals surface area contributed by atoms with Gasteiger partial charge in [0.15, 0.2) is 0 Å². The zero-order valence-corrected chi connectivity index (χ0v) is 13.8. The van der Waals surface area contributed by atoms with Crippen LogP contribution in [0, 0.1) is 11.3 Å². The van der Waals surface area contributed by atoms with Crippen molar-refractivity contribution in [2.24, 2.45) is 0 Å². The van der Waals surface area contributed by atoms with Crippen molar-refractivity contribution in [3.8, 4) is 6.07 Å². The molecule has 1 aromatic carbocycles. The molecule has 116 valence electrons. The Morgan fingerprint density at radius 2 is 2.17 bits per heavy atom. The molecule has 1 N–H and O–H groups in total.